The Morgan fingerprint density at radius 1 is 1.24 bits per heavy atom. The SMILES string of the molecule is Cc1ccccc1S(=O)(=O)NCc1nn2c(C)nnc2s1. The zero-order valence-electron chi connectivity index (χ0n) is 11.4. The van der Waals surface area contributed by atoms with Crippen molar-refractivity contribution in [2.45, 2.75) is 25.3 Å². The van der Waals surface area contributed by atoms with Crippen LogP contribution in [0.25, 0.3) is 4.96 Å². The fraction of sp³-hybridized carbons (Fsp3) is 0.250. The van der Waals surface area contributed by atoms with E-state index < -0.39 is 10.0 Å². The number of nitrogens with one attached hydrogen (secondary N) is 1. The molecule has 21 heavy (non-hydrogen) atoms. The lowest BCUT2D eigenvalue weighted by Crippen LogP contribution is -2.24. The Morgan fingerprint density at radius 2 is 2.00 bits per heavy atom. The van der Waals surface area contributed by atoms with E-state index >= 15 is 0 Å². The van der Waals surface area contributed by atoms with Gasteiger partial charge in [-0.3, -0.25) is 0 Å². The lowest BCUT2D eigenvalue weighted by molar-refractivity contribution is 0.580. The largest absolute Gasteiger partial charge is 0.241 e. The number of fused-ring (bicyclic) bond motifs is 1. The van der Waals surface area contributed by atoms with Gasteiger partial charge >= 0.3 is 0 Å². The van der Waals surface area contributed by atoms with Crippen LogP contribution in [0, 0.1) is 13.8 Å². The number of sulfonamides is 1. The van der Waals surface area contributed by atoms with Gasteiger partial charge in [-0.1, -0.05) is 29.5 Å². The van der Waals surface area contributed by atoms with Crippen LogP contribution in [0.5, 0.6) is 0 Å². The number of aryl methyl sites for hydroxylation is 2. The second-order valence-corrected chi connectivity index (χ2v) is 7.30. The van der Waals surface area contributed by atoms with Gasteiger partial charge in [0.2, 0.25) is 15.0 Å². The number of hydrogen-bond acceptors (Lipinski definition) is 6. The monoisotopic (exact) mass is 323 g/mol. The highest BCUT2D eigenvalue weighted by atomic mass is 32.2. The maximum absolute atomic E-state index is 12.3. The molecule has 0 atom stereocenters. The van der Waals surface area contributed by atoms with Gasteiger partial charge in [0, 0.05) is 0 Å². The molecule has 1 aromatic carbocycles. The minimum atomic E-state index is -3.55. The summed E-state index contributed by atoms with van der Waals surface area (Å²) in [5.74, 6) is 0.675. The van der Waals surface area contributed by atoms with E-state index in [2.05, 4.69) is 20.0 Å². The molecule has 0 bridgehead atoms. The second-order valence-electron chi connectivity index (χ2n) is 4.53. The molecule has 9 heteroatoms. The zero-order valence-corrected chi connectivity index (χ0v) is 13.1. The fourth-order valence-electron chi connectivity index (χ4n) is 1.92. The maximum atomic E-state index is 12.3. The molecule has 0 aliphatic carbocycles. The van der Waals surface area contributed by atoms with Crippen molar-refractivity contribution in [3.63, 3.8) is 0 Å². The molecule has 0 saturated heterocycles. The van der Waals surface area contributed by atoms with Gasteiger partial charge in [0.1, 0.15) is 5.01 Å². The Bertz CT molecular complexity index is 897. The normalized spacial score (nSPS) is 12.1. The first kappa shape index (κ1) is 14.1. The first-order chi connectivity index (χ1) is 9.97. The van der Waals surface area contributed by atoms with Crippen LogP contribution in [-0.2, 0) is 16.6 Å². The molecule has 0 aliphatic rings. The second kappa shape index (κ2) is 5.17. The molecule has 3 aromatic rings. The van der Waals surface area contributed by atoms with Crippen molar-refractivity contribution in [2.75, 3.05) is 0 Å². The number of hydrogen-bond donors (Lipinski definition) is 1. The van der Waals surface area contributed by atoms with E-state index in [4.69, 9.17) is 0 Å². The number of rotatable bonds is 4. The predicted molar refractivity (Wildman–Crippen MR) is 78.6 cm³/mol. The average molecular weight is 323 g/mol. The molecule has 0 fully saturated rings. The molecule has 110 valence electrons. The van der Waals surface area contributed by atoms with Crippen molar-refractivity contribution in [3.8, 4) is 0 Å². The van der Waals surface area contributed by atoms with Crippen LogP contribution < -0.4 is 4.72 Å². The van der Waals surface area contributed by atoms with Crippen LogP contribution in [-0.4, -0.2) is 28.2 Å². The van der Waals surface area contributed by atoms with Gasteiger partial charge < -0.3 is 0 Å². The maximum Gasteiger partial charge on any atom is 0.241 e. The van der Waals surface area contributed by atoms with Gasteiger partial charge in [0.05, 0.1) is 11.4 Å². The highest BCUT2D eigenvalue weighted by Crippen LogP contribution is 2.16. The van der Waals surface area contributed by atoms with Gasteiger partial charge in [0.25, 0.3) is 0 Å². The van der Waals surface area contributed by atoms with Crippen molar-refractivity contribution in [2.24, 2.45) is 0 Å². The summed E-state index contributed by atoms with van der Waals surface area (Å²) in [7, 11) is -3.55. The molecule has 0 radical (unpaired) electrons. The molecule has 0 amide bonds. The van der Waals surface area contributed by atoms with Gasteiger partial charge in [0.15, 0.2) is 5.82 Å². The molecule has 7 nitrogen and oxygen atoms in total. The summed E-state index contributed by atoms with van der Waals surface area (Å²) in [5, 5.41) is 12.7. The Hall–Kier alpha value is -1.84. The summed E-state index contributed by atoms with van der Waals surface area (Å²) < 4.78 is 28.7. The molecular formula is C12H13N5O2S2. The van der Waals surface area contributed by atoms with Gasteiger partial charge in [-0.15, -0.1) is 10.2 Å². The Kier molecular flexibility index (Phi) is 3.47. The van der Waals surface area contributed by atoms with E-state index in [-0.39, 0.29) is 11.4 Å². The third kappa shape index (κ3) is 2.67. The molecule has 0 spiro atoms. The van der Waals surface area contributed by atoms with E-state index in [9.17, 15) is 8.42 Å². The Balaban J connectivity index is 1.82. The smallest absolute Gasteiger partial charge is 0.207 e. The minimum absolute atomic E-state index is 0.129. The lowest BCUT2D eigenvalue weighted by atomic mass is 10.2. The Morgan fingerprint density at radius 3 is 2.71 bits per heavy atom. The summed E-state index contributed by atoms with van der Waals surface area (Å²) >= 11 is 1.31. The highest BCUT2D eigenvalue weighted by Gasteiger charge is 2.17. The summed E-state index contributed by atoms with van der Waals surface area (Å²) in [5.41, 5.74) is 0.707. The highest BCUT2D eigenvalue weighted by molar-refractivity contribution is 7.89. The van der Waals surface area contributed by atoms with Gasteiger partial charge in [-0.2, -0.15) is 9.61 Å². The van der Waals surface area contributed by atoms with Crippen molar-refractivity contribution in [3.05, 3.63) is 40.7 Å². The van der Waals surface area contributed by atoms with Crippen LogP contribution in [0.3, 0.4) is 0 Å². The molecule has 3 rings (SSSR count). The predicted octanol–water partition coefficient (Wildman–Crippen LogP) is 1.28. The number of nitrogens with zero attached hydrogens (tertiary/aromatic N) is 4. The third-order valence-electron chi connectivity index (χ3n) is 2.99. The summed E-state index contributed by atoms with van der Waals surface area (Å²) in [6.07, 6.45) is 0. The van der Waals surface area contributed by atoms with Crippen LogP contribution in [0.15, 0.2) is 29.2 Å². The van der Waals surface area contributed by atoms with E-state index in [0.717, 1.165) is 0 Å². The van der Waals surface area contributed by atoms with Crippen molar-refractivity contribution < 1.29 is 8.42 Å². The molecule has 1 N–H and O–H groups in total. The van der Waals surface area contributed by atoms with E-state index in [1.165, 1.54) is 11.3 Å². The van der Waals surface area contributed by atoms with Crippen molar-refractivity contribution in [1.29, 1.82) is 0 Å². The lowest BCUT2D eigenvalue weighted by Gasteiger charge is -2.07. The van der Waals surface area contributed by atoms with Crippen molar-refractivity contribution >= 4 is 26.3 Å². The minimum Gasteiger partial charge on any atom is -0.207 e. The number of aromatic nitrogens is 4. The average Bonchev–Trinajstić information content (AvgIpc) is 2.99. The Labute approximate surface area is 125 Å². The summed E-state index contributed by atoms with van der Waals surface area (Å²) in [6, 6.07) is 6.86. The molecule has 0 aliphatic heterocycles. The summed E-state index contributed by atoms with van der Waals surface area (Å²) in [4.78, 5) is 0.932. The number of benzene rings is 1. The van der Waals surface area contributed by atoms with Gasteiger partial charge in [-0.25, -0.2) is 13.1 Å². The topological polar surface area (TPSA) is 89.2 Å². The standard InChI is InChI=1S/C12H13N5O2S2/c1-8-5-3-4-6-10(8)21(18,19)13-7-11-16-17-9(2)14-15-12(17)20-11/h3-6,13H,7H2,1-2H3. The van der Waals surface area contributed by atoms with Crippen molar-refractivity contribution in [1.82, 2.24) is 24.5 Å². The first-order valence-corrected chi connectivity index (χ1v) is 8.50. The van der Waals surface area contributed by atoms with Crippen LogP contribution in [0.4, 0.5) is 0 Å². The summed E-state index contributed by atoms with van der Waals surface area (Å²) in [6.45, 7) is 3.69. The zero-order chi connectivity index (χ0) is 15.0. The van der Waals surface area contributed by atoms with Crippen LogP contribution in [0.1, 0.15) is 16.4 Å². The van der Waals surface area contributed by atoms with E-state index in [1.807, 2.05) is 0 Å². The molecule has 2 aromatic heterocycles. The molecule has 2 heterocycles. The van der Waals surface area contributed by atoms with E-state index in [1.54, 1.807) is 42.6 Å². The van der Waals surface area contributed by atoms with Gasteiger partial charge in [-0.05, 0) is 25.5 Å². The first-order valence-electron chi connectivity index (χ1n) is 6.20. The fourth-order valence-corrected chi connectivity index (χ4v) is 4.06. The molecule has 0 unspecified atom stereocenters. The quantitative estimate of drug-likeness (QED) is 0.781. The van der Waals surface area contributed by atoms with Crippen LogP contribution >= 0.6 is 11.3 Å². The van der Waals surface area contributed by atoms with Crippen LogP contribution in [0.2, 0.25) is 0 Å². The molecular weight excluding hydrogens is 310 g/mol. The van der Waals surface area contributed by atoms with E-state index in [0.29, 0.717) is 21.4 Å². The molecule has 0 saturated carbocycles. The third-order valence-corrected chi connectivity index (χ3v) is 5.45.